The minimum Gasteiger partial charge on any atom is -0.275 e. The molecule has 0 saturated carbocycles. The smallest absolute Gasteiger partial charge is 0.275 e. The summed E-state index contributed by atoms with van der Waals surface area (Å²) in [5.41, 5.74) is 1.03. The van der Waals surface area contributed by atoms with Crippen molar-refractivity contribution in [3.8, 4) is 0 Å². The molecule has 0 radical (unpaired) electrons. The van der Waals surface area contributed by atoms with E-state index in [9.17, 15) is 4.79 Å². The standard InChI is InChI=1S/C11H13N3O/c1-9-12-13(2)11(15)14(9)8-10-6-4-3-5-7-10/h3-7H,8H2,1-2H3. The molecule has 0 saturated heterocycles. The summed E-state index contributed by atoms with van der Waals surface area (Å²) in [6.45, 7) is 2.42. The Balaban J connectivity index is 2.37. The topological polar surface area (TPSA) is 39.8 Å². The molecule has 0 aliphatic carbocycles. The van der Waals surface area contributed by atoms with Gasteiger partial charge in [-0.2, -0.15) is 5.10 Å². The first-order chi connectivity index (χ1) is 7.18. The second-order valence-corrected chi connectivity index (χ2v) is 3.53. The van der Waals surface area contributed by atoms with Gasteiger partial charge < -0.3 is 0 Å². The van der Waals surface area contributed by atoms with Crippen molar-refractivity contribution >= 4 is 0 Å². The highest BCUT2D eigenvalue weighted by molar-refractivity contribution is 5.15. The maximum atomic E-state index is 11.7. The summed E-state index contributed by atoms with van der Waals surface area (Å²) in [7, 11) is 1.66. The van der Waals surface area contributed by atoms with E-state index < -0.39 is 0 Å². The van der Waals surface area contributed by atoms with Crippen LogP contribution in [0.25, 0.3) is 0 Å². The highest BCUT2D eigenvalue weighted by Crippen LogP contribution is 2.01. The largest absolute Gasteiger partial charge is 0.345 e. The van der Waals surface area contributed by atoms with E-state index >= 15 is 0 Å². The number of aryl methyl sites for hydroxylation is 2. The molecule has 1 aromatic heterocycles. The molecule has 0 aliphatic heterocycles. The number of nitrogens with zero attached hydrogens (tertiary/aromatic N) is 3. The van der Waals surface area contributed by atoms with Crippen molar-refractivity contribution in [1.29, 1.82) is 0 Å². The highest BCUT2D eigenvalue weighted by Gasteiger charge is 2.06. The molecular weight excluding hydrogens is 190 g/mol. The summed E-state index contributed by atoms with van der Waals surface area (Å²) >= 11 is 0. The Morgan fingerprint density at radius 2 is 1.93 bits per heavy atom. The molecule has 0 atom stereocenters. The summed E-state index contributed by atoms with van der Waals surface area (Å²) in [5, 5.41) is 4.07. The lowest BCUT2D eigenvalue weighted by molar-refractivity contribution is 0.690. The van der Waals surface area contributed by atoms with Crippen LogP contribution in [0.4, 0.5) is 0 Å². The first kappa shape index (κ1) is 9.71. The van der Waals surface area contributed by atoms with Crippen LogP contribution in [0.1, 0.15) is 11.4 Å². The van der Waals surface area contributed by atoms with Crippen LogP contribution in [0.2, 0.25) is 0 Å². The molecule has 0 unspecified atom stereocenters. The molecule has 4 heteroatoms. The lowest BCUT2D eigenvalue weighted by atomic mass is 10.2. The van der Waals surface area contributed by atoms with E-state index in [0.29, 0.717) is 6.54 Å². The van der Waals surface area contributed by atoms with Crippen molar-refractivity contribution in [2.75, 3.05) is 0 Å². The molecule has 4 nitrogen and oxygen atoms in total. The quantitative estimate of drug-likeness (QED) is 0.728. The van der Waals surface area contributed by atoms with Gasteiger partial charge in [-0.25, -0.2) is 9.48 Å². The Morgan fingerprint density at radius 3 is 2.47 bits per heavy atom. The van der Waals surface area contributed by atoms with Gasteiger partial charge >= 0.3 is 5.69 Å². The van der Waals surface area contributed by atoms with Gasteiger partial charge in [-0.15, -0.1) is 0 Å². The van der Waals surface area contributed by atoms with E-state index in [0.717, 1.165) is 11.4 Å². The van der Waals surface area contributed by atoms with E-state index in [1.165, 1.54) is 4.68 Å². The van der Waals surface area contributed by atoms with Crippen molar-refractivity contribution in [3.05, 3.63) is 52.2 Å². The SMILES string of the molecule is Cc1nn(C)c(=O)n1Cc1ccccc1. The molecule has 1 heterocycles. The summed E-state index contributed by atoms with van der Waals surface area (Å²) in [5.74, 6) is 0.742. The summed E-state index contributed by atoms with van der Waals surface area (Å²) in [6, 6.07) is 9.89. The van der Waals surface area contributed by atoms with Crippen LogP contribution in [-0.2, 0) is 13.6 Å². The number of hydrogen-bond acceptors (Lipinski definition) is 2. The van der Waals surface area contributed by atoms with Crippen LogP contribution in [-0.4, -0.2) is 14.3 Å². The molecule has 1 aromatic carbocycles. The molecule has 2 rings (SSSR count). The predicted molar refractivity (Wildman–Crippen MR) is 57.7 cm³/mol. The van der Waals surface area contributed by atoms with E-state index in [-0.39, 0.29) is 5.69 Å². The second-order valence-electron chi connectivity index (χ2n) is 3.53. The molecule has 2 aromatic rings. The maximum absolute atomic E-state index is 11.7. The second kappa shape index (κ2) is 3.73. The number of rotatable bonds is 2. The fourth-order valence-corrected chi connectivity index (χ4v) is 1.57. The zero-order chi connectivity index (χ0) is 10.8. The van der Waals surface area contributed by atoms with E-state index in [1.54, 1.807) is 11.6 Å². The fourth-order valence-electron chi connectivity index (χ4n) is 1.57. The average Bonchev–Trinajstić information content (AvgIpc) is 2.47. The first-order valence-electron chi connectivity index (χ1n) is 4.83. The maximum Gasteiger partial charge on any atom is 0.345 e. The van der Waals surface area contributed by atoms with Gasteiger partial charge in [0.05, 0.1) is 6.54 Å². The third-order valence-corrected chi connectivity index (χ3v) is 2.38. The monoisotopic (exact) mass is 203 g/mol. The minimum atomic E-state index is -0.0728. The third-order valence-electron chi connectivity index (χ3n) is 2.38. The Labute approximate surface area is 87.8 Å². The molecule has 0 amide bonds. The predicted octanol–water partition coefficient (Wildman–Crippen LogP) is 0.939. The van der Waals surface area contributed by atoms with Crippen LogP contribution in [0.15, 0.2) is 35.1 Å². The Bertz CT molecular complexity index is 510. The van der Waals surface area contributed by atoms with Crippen LogP contribution in [0, 0.1) is 6.92 Å². The average molecular weight is 203 g/mol. The molecule has 0 spiro atoms. The van der Waals surface area contributed by atoms with Crippen molar-refractivity contribution in [1.82, 2.24) is 14.3 Å². The van der Waals surface area contributed by atoms with Crippen molar-refractivity contribution in [2.45, 2.75) is 13.5 Å². The summed E-state index contributed by atoms with van der Waals surface area (Å²) < 4.78 is 3.02. The molecular formula is C11H13N3O. The van der Waals surface area contributed by atoms with Gasteiger partial charge in [0.25, 0.3) is 0 Å². The van der Waals surface area contributed by atoms with Crippen molar-refractivity contribution < 1.29 is 0 Å². The number of aromatic nitrogens is 3. The van der Waals surface area contributed by atoms with Gasteiger partial charge in [0, 0.05) is 7.05 Å². The Morgan fingerprint density at radius 1 is 1.27 bits per heavy atom. The Hall–Kier alpha value is -1.84. The highest BCUT2D eigenvalue weighted by atomic mass is 16.2. The molecule has 0 fully saturated rings. The van der Waals surface area contributed by atoms with Gasteiger partial charge in [0.2, 0.25) is 0 Å². The molecule has 0 N–H and O–H groups in total. The van der Waals surface area contributed by atoms with Gasteiger partial charge in [-0.05, 0) is 12.5 Å². The third kappa shape index (κ3) is 1.83. The van der Waals surface area contributed by atoms with Crippen LogP contribution in [0.5, 0.6) is 0 Å². The van der Waals surface area contributed by atoms with E-state index in [4.69, 9.17) is 0 Å². The van der Waals surface area contributed by atoms with E-state index in [2.05, 4.69) is 5.10 Å². The summed E-state index contributed by atoms with van der Waals surface area (Å²) in [4.78, 5) is 11.7. The normalized spacial score (nSPS) is 10.5. The van der Waals surface area contributed by atoms with Gasteiger partial charge in [0.15, 0.2) is 0 Å². The van der Waals surface area contributed by atoms with Gasteiger partial charge in [-0.3, -0.25) is 4.57 Å². The lowest BCUT2D eigenvalue weighted by Gasteiger charge is -2.02. The van der Waals surface area contributed by atoms with Crippen molar-refractivity contribution in [3.63, 3.8) is 0 Å². The fraction of sp³-hybridized carbons (Fsp3) is 0.273. The molecule has 78 valence electrons. The van der Waals surface area contributed by atoms with Crippen LogP contribution in [0.3, 0.4) is 0 Å². The zero-order valence-corrected chi connectivity index (χ0v) is 8.84. The molecule has 0 bridgehead atoms. The number of hydrogen-bond donors (Lipinski definition) is 0. The van der Waals surface area contributed by atoms with E-state index in [1.807, 2.05) is 37.3 Å². The summed E-state index contributed by atoms with van der Waals surface area (Å²) in [6.07, 6.45) is 0. The van der Waals surface area contributed by atoms with Gasteiger partial charge in [0.1, 0.15) is 5.82 Å². The minimum absolute atomic E-state index is 0.0728. The lowest BCUT2D eigenvalue weighted by Crippen LogP contribution is -2.23. The molecule has 15 heavy (non-hydrogen) atoms. The number of benzene rings is 1. The first-order valence-corrected chi connectivity index (χ1v) is 4.83. The molecule has 0 aliphatic rings. The zero-order valence-electron chi connectivity index (χ0n) is 8.84. The van der Waals surface area contributed by atoms with Crippen LogP contribution >= 0.6 is 0 Å². The van der Waals surface area contributed by atoms with Crippen LogP contribution < -0.4 is 5.69 Å². The van der Waals surface area contributed by atoms with Gasteiger partial charge in [-0.1, -0.05) is 30.3 Å². The Kier molecular flexibility index (Phi) is 2.41. The van der Waals surface area contributed by atoms with Crippen molar-refractivity contribution in [2.24, 2.45) is 7.05 Å².